The molecule has 0 atom stereocenters. The van der Waals surface area contributed by atoms with Crippen molar-refractivity contribution in [2.24, 2.45) is 4.99 Å². The minimum atomic E-state index is 0.593. The second kappa shape index (κ2) is 5.73. The van der Waals surface area contributed by atoms with Gasteiger partial charge >= 0.3 is 0 Å². The highest BCUT2D eigenvalue weighted by Crippen LogP contribution is 1.96. The molecule has 0 fully saturated rings. The molecule has 0 unspecified atom stereocenters. The lowest BCUT2D eigenvalue weighted by Crippen LogP contribution is -1.67. The van der Waals surface area contributed by atoms with E-state index in [0.29, 0.717) is 5.70 Å². The Bertz CT molecular complexity index is 207. The lowest BCUT2D eigenvalue weighted by Gasteiger charge is -1.82. The summed E-state index contributed by atoms with van der Waals surface area (Å²) in [4.78, 5) is 13.1. The number of rotatable bonds is 3. The van der Waals surface area contributed by atoms with Gasteiger partial charge in [0.15, 0.2) is 0 Å². The van der Waals surface area contributed by atoms with Gasteiger partial charge in [-0.1, -0.05) is 24.8 Å². The molecule has 0 spiro atoms. The Morgan fingerprint density at radius 1 is 1.70 bits per heavy atom. The zero-order valence-corrected chi connectivity index (χ0v) is 5.87. The Hall–Kier alpha value is -1.40. The molecule has 0 saturated heterocycles. The van der Waals surface area contributed by atoms with Crippen LogP contribution in [0.15, 0.2) is 41.6 Å². The summed E-state index contributed by atoms with van der Waals surface area (Å²) in [5.41, 5.74) is 0.593. The summed E-state index contributed by atoms with van der Waals surface area (Å²) in [6.45, 7) is 5.27. The van der Waals surface area contributed by atoms with E-state index in [1.165, 1.54) is 6.08 Å². The van der Waals surface area contributed by atoms with E-state index in [2.05, 4.69) is 11.6 Å². The molecule has 0 aromatic carbocycles. The molecule has 0 aliphatic heterocycles. The third kappa shape index (κ3) is 3.58. The zero-order chi connectivity index (χ0) is 7.82. The Kier molecular flexibility index (Phi) is 4.93. The van der Waals surface area contributed by atoms with Crippen molar-refractivity contribution >= 4 is 6.08 Å². The van der Waals surface area contributed by atoms with Crippen molar-refractivity contribution in [1.29, 1.82) is 0 Å². The molecule has 0 radical (unpaired) electrons. The number of allylic oxidation sites excluding steroid dienone is 4. The van der Waals surface area contributed by atoms with Gasteiger partial charge in [0, 0.05) is 0 Å². The van der Waals surface area contributed by atoms with Gasteiger partial charge in [-0.15, -0.1) is 0 Å². The highest BCUT2D eigenvalue weighted by Gasteiger charge is 1.80. The molecule has 0 N–H and O–H groups in total. The summed E-state index contributed by atoms with van der Waals surface area (Å²) in [5, 5.41) is 0. The molecule has 0 rings (SSSR count). The van der Waals surface area contributed by atoms with E-state index in [0.717, 1.165) is 0 Å². The first kappa shape index (κ1) is 8.60. The summed E-state index contributed by atoms with van der Waals surface area (Å²) < 4.78 is 0. The molecule has 0 heterocycles. The normalized spacial score (nSPS) is 11.1. The van der Waals surface area contributed by atoms with Gasteiger partial charge in [0.25, 0.3) is 0 Å². The smallest absolute Gasteiger partial charge is 0.211 e. The fraction of sp³-hybridized carbons (Fsp3) is 0.125. The minimum absolute atomic E-state index is 0.593. The van der Waals surface area contributed by atoms with E-state index in [1.807, 2.05) is 0 Å². The van der Waals surface area contributed by atoms with Crippen LogP contribution in [0.25, 0.3) is 0 Å². The Morgan fingerprint density at radius 3 is 2.80 bits per heavy atom. The fourth-order valence-electron chi connectivity index (χ4n) is 0.417. The lowest BCUT2D eigenvalue weighted by atomic mass is 10.4. The third-order valence-corrected chi connectivity index (χ3v) is 0.874. The first-order valence-electron chi connectivity index (χ1n) is 2.88. The number of nitrogens with zero attached hydrogens (tertiary/aromatic N) is 1. The van der Waals surface area contributed by atoms with E-state index < -0.39 is 0 Å². The molecular weight excluding hydrogens is 126 g/mol. The van der Waals surface area contributed by atoms with Crippen molar-refractivity contribution in [1.82, 2.24) is 0 Å². The molecule has 0 bridgehead atoms. The molecule has 0 amide bonds. The van der Waals surface area contributed by atoms with Crippen LogP contribution in [0.5, 0.6) is 0 Å². The zero-order valence-electron chi connectivity index (χ0n) is 5.87. The third-order valence-electron chi connectivity index (χ3n) is 0.874. The standard InChI is InChI=1S/C8H9NO/c1-3-5-6-8(4-2)9-7-10/h3-6H,1H2,2H3/b6-5-,8-4+. The predicted molar refractivity (Wildman–Crippen MR) is 41.2 cm³/mol. The van der Waals surface area contributed by atoms with Gasteiger partial charge in [-0.05, 0) is 13.0 Å². The van der Waals surface area contributed by atoms with Crippen molar-refractivity contribution in [2.45, 2.75) is 6.92 Å². The first-order valence-corrected chi connectivity index (χ1v) is 2.88. The topological polar surface area (TPSA) is 29.4 Å². The van der Waals surface area contributed by atoms with Gasteiger partial charge in [-0.2, -0.15) is 4.99 Å². The summed E-state index contributed by atoms with van der Waals surface area (Å²) in [5.74, 6) is 0. The van der Waals surface area contributed by atoms with E-state index in [4.69, 9.17) is 0 Å². The average molecular weight is 135 g/mol. The molecule has 0 aliphatic rings. The van der Waals surface area contributed by atoms with E-state index >= 15 is 0 Å². The van der Waals surface area contributed by atoms with Crippen molar-refractivity contribution in [3.63, 3.8) is 0 Å². The van der Waals surface area contributed by atoms with E-state index in [1.54, 1.807) is 31.2 Å². The van der Waals surface area contributed by atoms with Crippen LogP contribution in [-0.2, 0) is 4.79 Å². The maximum absolute atomic E-state index is 9.75. The van der Waals surface area contributed by atoms with Gasteiger partial charge in [0.1, 0.15) is 0 Å². The summed E-state index contributed by atoms with van der Waals surface area (Å²) in [7, 11) is 0. The van der Waals surface area contributed by atoms with Crippen LogP contribution in [-0.4, -0.2) is 6.08 Å². The molecule has 2 heteroatoms. The van der Waals surface area contributed by atoms with Crippen LogP contribution in [0, 0.1) is 0 Å². The maximum Gasteiger partial charge on any atom is 0.240 e. The summed E-state index contributed by atoms with van der Waals surface area (Å²) in [6.07, 6.45) is 8.16. The second-order valence-electron chi connectivity index (χ2n) is 1.51. The fourth-order valence-corrected chi connectivity index (χ4v) is 0.417. The average Bonchev–Trinajstić information content (AvgIpc) is 1.98. The van der Waals surface area contributed by atoms with Crippen LogP contribution >= 0.6 is 0 Å². The quantitative estimate of drug-likeness (QED) is 0.330. The number of carbonyl (C=O) groups excluding carboxylic acids is 1. The van der Waals surface area contributed by atoms with Gasteiger partial charge in [-0.25, -0.2) is 4.79 Å². The number of aliphatic imine (C=N–C) groups is 1. The van der Waals surface area contributed by atoms with Crippen molar-refractivity contribution in [3.05, 3.63) is 36.6 Å². The molecule has 0 aliphatic carbocycles. The van der Waals surface area contributed by atoms with Crippen LogP contribution in [0.2, 0.25) is 0 Å². The van der Waals surface area contributed by atoms with Crippen molar-refractivity contribution < 1.29 is 4.79 Å². The molecule has 2 nitrogen and oxygen atoms in total. The van der Waals surface area contributed by atoms with Crippen molar-refractivity contribution in [2.75, 3.05) is 0 Å². The summed E-state index contributed by atoms with van der Waals surface area (Å²) in [6, 6.07) is 0. The molecule has 52 valence electrons. The van der Waals surface area contributed by atoms with Crippen LogP contribution in [0.3, 0.4) is 0 Å². The van der Waals surface area contributed by atoms with Crippen molar-refractivity contribution in [3.8, 4) is 0 Å². The molecular formula is C8H9NO. The van der Waals surface area contributed by atoms with Gasteiger partial charge in [0.05, 0.1) is 5.70 Å². The number of hydrogen-bond acceptors (Lipinski definition) is 2. The highest BCUT2D eigenvalue weighted by atomic mass is 16.1. The maximum atomic E-state index is 9.75. The lowest BCUT2D eigenvalue weighted by molar-refractivity contribution is 0.565. The monoisotopic (exact) mass is 135 g/mol. The van der Waals surface area contributed by atoms with Gasteiger partial charge < -0.3 is 0 Å². The minimum Gasteiger partial charge on any atom is -0.211 e. The second-order valence-corrected chi connectivity index (χ2v) is 1.51. The first-order chi connectivity index (χ1) is 4.85. The highest BCUT2D eigenvalue weighted by molar-refractivity contribution is 5.39. The van der Waals surface area contributed by atoms with Gasteiger partial charge in [0.2, 0.25) is 6.08 Å². The van der Waals surface area contributed by atoms with Crippen LogP contribution < -0.4 is 0 Å². The Morgan fingerprint density at radius 2 is 2.40 bits per heavy atom. The Labute approximate surface area is 60.3 Å². The van der Waals surface area contributed by atoms with E-state index in [-0.39, 0.29) is 0 Å². The molecule has 0 aromatic rings. The Balaban J connectivity index is 4.24. The SMILES string of the molecule is C=C/C=C\C(=C/C)N=C=O. The van der Waals surface area contributed by atoms with Gasteiger partial charge in [-0.3, -0.25) is 0 Å². The molecule has 0 aromatic heterocycles. The van der Waals surface area contributed by atoms with E-state index in [9.17, 15) is 4.79 Å². The molecule has 0 saturated carbocycles. The van der Waals surface area contributed by atoms with Crippen LogP contribution in [0.4, 0.5) is 0 Å². The summed E-state index contributed by atoms with van der Waals surface area (Å²) >= 11 is 0. The molecule has 10 heavy (non-hydrogen) atoms. The van der Waals surface area contributed by atoms with Crippen LogP contribution in [0.1, 0.15) is 6.92 Å². The number of hydrogen-bond donors (Lipinski definition) is 0. The largest absolute Gasteiger partial charge is 0.240 e. The predicted octanol–water partition coefficient (Wildman–Crippen LogP) is 1.97. The number of isocyanates is 1.